The van der Waals surface area contributed by atoms with Crippen molar-refractivity contribution in [2.75, 3.05) is 6.54 Å². The van der Waals surface area contributed by atoms with Crippen LogP contribution in [0.3, 0.4) is 0 Å². The number of para-hydroxylation sites is 1. The van der Waals surface area contributed by atoms with E-state index < -0.39 is 0 Å². The largest absolute Gasteiger partial charge is 0.357 e. The number of rotatable bonds is 3. The smallest absolute Gasteiger partial charge is 0.107 e. The van der Waals surface area contributed by atoms with E-state index in [1.54, 1.807) is 11.3 Å². The maximum Gasteiger partial charge on any atom is 0.107 e. The predicted molar refractivity (Wildman–Crippen MR) is 108 cm³/mol. The molecule has 0 radical (unpaired) electrons. The van der Waals surface area contributed by atoms with Gasteiger partial charge in [-0.2, -0.15) is 0 Å². The molecule has 1 aliphatic heterocycles. The Labute approximate surface area is 157 Å². The third-order valence-corrected chi connectivity index (χ3v) is 6.08. The minimum atomic E-state index is 0.245. The molecule has 1 N–H and O–H groups in total. The van der Waals surface area contributed by atoms with Crippen molar-refractivity contribution in [3.05, 3.63) is 87.5 Å². The molecule has 1 unspecified atom stereocenters. The number of benzene rings is 2. The highest BCUT2D eigenvalue weighted by atomic mass is 32.1. The Morgan fingerprint density at radius 1 is 1.19 bits per heavy atom. The molecule has 2 aromatic heterocycles. The zero-order valence-corrected chi connectivity index (χ0v) is 15.6. The number of nitrogens with zero attached hydrogens (tertiary/aromatic N) is 2. The lowest BCUT2D eigenvalue weighted by atomic mass is 9.91. The first-order valence-corrected chi connectivity index (χ1v) is 9.96. The summed E-state index contributed by atoms with van der Waals surface area (Å²) in [5.74, 6) is 0. The van der Waals surface area contributed by atoms with Crippen LogP contribution >= 0.6 is 11.3 Å². The van der Waals surface area contributed by atoms with Gasteiger partial charge in [0.25, 0.3) is 0 Å². The van der Waals surface area contributed by atoms with Gasteiger partial charge < -0.3 is 4.98 Å². The Morgan fingerprint density at radius 3 is 2.96 bits per heavy atom. The van der Waals surface area contributed by atoms with Crippen LogP contribution in [-0.2, 0) is 13.0 Å². The highest BCUT2D eigenvalue weighted by Crippen LogP contribution is 2.39. The molecule has 1 aliphatic rings. The molecule has 4 heteroatoms. The number of H-pyrrole nitrogens is 1. The van der Waals surface area contributed by atoms with Crippen molar-refractivity contribution >= 4 is 22.2 Å². The molecule has 0 saturated carbocycles. The van der Waals surface area contributed by atoms with Crippen LogP contribution in [0.1, 0.15) is 33.4 Å². The summed E-state index contributed by atoms with van der Waals surface area (Å²) >= 11 is 1.74. The second kappa shape index (κ2) is 6.38. The number of aromatic nitrogens is 2. The zero-order valence-electron chi connectivity index (χ0n) is 14.8. The molecule has 0 fully saturated rings. The van der Waals surface area contributed by atoms with Crippen LogP contribution < -0.4 is 0 Å². The Bertz CT molecular complexity index is 1050. The van der Waals surface area contributed by atoms with Crippen molar-refractivity contribution < 1.29 is 0 Å². The second-order valence-corrected chi connectivity index (χ2v) is 8.00. The number of nitrogens with one attached hydrogen (secondary N) is 1. The minimum Gasteiger partial charge on any atom is -0.357 e. The van der Waals surface area contributed by atoms with Crippen LogP contribution in [0.4, 0.5) is 0 Å². The fourth-order valence-electron chi connectivity index (χ4n) is 4.18. The van der Waals surface area contributed by atoms with E-state index in [1.807, 2.05) is 6.20 Å². The van der Waals surface area contributed by atoms with E-state index in [0.717, 1.165) is 19.5 Å². The topological polar surface area (TPSA) is 31.9 Å². The van der Waals surface area contributed by atoms with Crippen molar-refractivity contribution in [3.8, 4) is 0 Å². The summed E-state index contributed by atoms with van der Waals surface area (Å²) in [5, 5.41) is 4.62. The van der Waals surface area contributed by atoms with E-state index in [0.29, 0.717) is 0 Å². The van der Waals surface area contributed by atoms with E-state index in [2.05, 4.69) is 75.7 Å². The lowest BCUT2D eigenvalue weighted by Crippen LogP contribution is -2.35. The van der Waals surface area contributed by atoms with Crippen molar-refractivity contribution in [1.82, 2.24) is 14.9 Å². The molecule has 0 aliphatic carbocycles. The monoisotopic (exact) mass is 359 g/mol. The summed E-state index contributed by atoms with van der Waals surface area (Å²) in [6, 6.07) is 17.8. The number of aryl methyl sites for hydroxylation is 1. The maximum absolute atomic E-state index is 4.52. The molecule has 3 nitrogen and oxygen atoms in total. The van der Waals surface area contributed by atoms with Crippen LogP contribution in [0, 0.1) is 6.92 Å². The molecule has 0 spiro atoms. The molecule has 0 amide bonds. The van der Waals surface area contributed by atoms with E-state index in [9.17, 15) is 0 Å². The average molecular weight is 359 g/mol. The van der Waals surface area contributed by atoms with Gasteiger partial charge in [0.15, 0.2) is 0 Å². The third kappa shape index (κ3) is 2.66. The molecule has 1 atom stereocenters. The van der Waals surface area contributed by atoms with Gasteiger partial charge >= 0.3 is 0 Å². The van der Waals surface area contributed by atoms with Crippen molar-refractivity contribution in [3.63, 3.8) is 0 Å². The molecular weight excluding hydrogens is 338 g/mol. The molecule has 130 valence electrons. The van der Waals surface area contributed by atoms with E-state index in [-0.39, 0.29) is 6.04 Å². The summed E-state index contributed by atoms with van der Waals surface area (Å²) in [5.41, 5.74) is 6.72. The Hall–Kier alpha value is -2.43. The molecule has 0 saturated heterocycles. The van der Waals surface area contributed by atoms with E-state index in [4.69, 9.17) is 0 Å². The Morgan fingerprint density at radius 2 is 2.12 bits per heavy atom. The molecule has 3 heterocycles. The number of fused-ring (bicyclic) bond motifs is 3. The summed E-state index contributed by atoms with van der Waals surface area (Å²) in [7, 11) is 0. The highest BCUT2D eigenvalue weighted by Gasteiger charge is 2.32. The van der Waals surface area contributed by atoms with Crippen LogP contribution in [0.5, 0.6) is 0 Å². The van der Waals surface area contributed by atoms with Crippen molar-refractivity contribution in [2.24, 2.45) is 0 Å². The van der Waals surface area contributed by atoms with Gasteiger partial charge in [-0.3, -0.25) is 4.90 Å². The summed E-state index contributed by atoms with van der Waals surface area (Å²) < 4.78 is 0. The molecule has 4 aromatic rings. The standard InChI is InChI=1S/C22H21N3S/c1-15-5-4-6-16(13-15)22-21-18(17-7-2-3-8-19(17)24-21)9-11-25(22)14-20-23-10-12-26-20/h2-8,10,12-13,22,24H,9,11,14H2,1H3. The van der Waals surface area contributed by atoms with Crippen LogP contribution in [0.25, 0.3) is 10.9 Å². The van der Waals surface area contributed by atoms with Gasteiger partial charge in [0.05, 0.1) is 12.6 Å². The van der Waals surface area contributed by atoms with E-state index >= 15 is 0 Å². The van der Waals surface area contributed by atoms with Gasteiger partial charge in [0, 0.05) is 34.7 Å². The van der Waals surface area contributed by atoms with Gasteiger partial charge in [-0.1, -0.05) is 48.0 Å². The second-order valence-electron chi connectivity index (χ2n) is 7.03. The molecule has 2 aromatic carbocycles. The lowest BCUT2D eigenvalue weighted by molar-refractivity contribution is 0.201. The first kappa shape index (κ1) is 15.8. The fourth-order valence-corrected chi connectivity index (χ4v) is 4.82. The maximum atomic E-state index is 4.52. The number of aromatic amines is 1. The van der Waals surface area contributed by atoms with Gasteiger partial charge in [0.1, 0.15) is 5.01 Å². The third-order valence-electron chi connectivity index (χ3n) is 5.31. The molecule has 26 heavy (non-hydrogen) atoms. The summed E-state index contributed by atoms with van der Waals surface area (Å²) in [6.45, 7) is 4.11. The van der Waals surface area contributed by atoms with Crippen LogP contribution in [0.15, 0.2) is 60.1 Å². The van der Waals surface area contributed by atoms with Gasteiger partial charge in [0.2, 0.25) is 0 Å². The van der Waals surface area contributed by atoms with Crippen LogP contribution in [0.2, 0.25) is 0 Å². The lowest BCUT2D eigenvalue weighted by Gasteiger charge is -2.35. The van der Waals surface area contributed by atoms with E-state index in [1.165, 1.54) is 38.3 Å². The summed E-state index contributed by atoms with van der Waals surface area (Å²) in [6.07, 6.45) is 2.98. The minimum absolute atomic E-state index is 0.245. The van der Waals surface area contributed by atoms with Crippen molar-refractivity contribution in [2.45, 2.75) is 25.9 Å². The fraction of sp³-hybridized carbons (Fsp3) is 0.227. The Kier molecular flexibility index (Phi) is 3.88. The predicted octanol–water partition coefficient (Wildman–Crippen LogP) is 5.08. The SMILES string of the molecule is Cc1cccc(C2c3[nH]c4ccccc4c3CCN2Cc2nccs2)c1. The quantitative estimate of drug-likeness (QED) is 0.553. The highest BCUT2D eigenvalue weighted by molar-refractivity contribution is 7.09. The number of hydrogen-bond donors (Lipinski definition) is 1. The molecule has 0 bridgehead atoms. The zero-order chi connectivity index (χ0) is 17.5. The Balaban J connectivity index is 1.65. The first-order valence-electron chi connectivity index (χ1n) is 9.08. The molecule has 5 rings (SSSR count). The van der Waals surface area contributed by atoms with Crippen LogP contribution in [-0.4, -0.2) is 21.4 Å². The summed E-state index contributed by atoms with van der Waals surface area (Å²) in [4.78, 5) is 10.8. The number of hydrogen-bond acceptors (Lipinski definition) is 3. The normalized spacial score (nSPS) is 17.5. The first-order chi connectivity index (χ1) is 12.8. The van der Waals surface area contributed by atoms with Gasteiger partial charge in [-0.25, -0.2) is 4.98 Å². The number of thiazole rings is 1. The average Bonchev–Trinajstić information content (AvgIpc) is 3.28. The van der Waals surface area contributed by atoms with Gasteiger partial charge in [-0.15, -0.1) is 11.3 Å². The van der Waals surface area contributed by atoms with Crippen molar-refractivity contribution in [1.29, 1.82) is 0 Å². The van der Waals surface area contributed by atoms with Gasteiger partial charge in [-0.05, 0) is 30.5 Å². The molecular formula is C22H21N3S.